The summed E-state index contributed by atoms with van der Waals surface area (Å²) in [5.41, 5.74) is 0.290. The van der Waals surface area contributed by atoms with Gasteiger partial charge >= 0.3 is 10.2 Å². The number of benzene rings is 1. The van der Waals surface area contributed by atoms with Gasteiger partial charge in [-0.15, -0.1) is 3.89 Å². The van der Waals surface area contributed by atoms with E-state index in [-0.39, 0.29) is 10.5 Å². The molecule has 0 aromatic heterocycles. The average Bonchev–Trinajstić information content (AvgIpc) is 2.04. The zero-order chi connectivity index (χ0) is 12.7. The van der Waals surface area contributed by atoms with Crippen molar-refractivity contribution in [1.29, 1.82) is 0 Å². The molecule has 16 heavy (non-hydrogen) atoms. The van der Waals surface area contributed by atoms with Gasteiger partial charge in [-0.05, 0) is 37.1 Å². The van der Waals surface area contributed by atoms with E-state index in [1.165, 1.54) is 19.9 Å². The molecule has 1 aromatic rings. The van der Waals surface area contributed by atoms with Gasteiger partial charge in [-0.25, -0.2) is 8.42 Å². The Morgan fingerprint density at radius 2 is 1.44 bits per heavy atom. The zero-order valence-electron chi connectivity index (χ0n) is 8.98. The van der Waals surface area contributed by atoms with E-state index < -0.39 is 25.0 Å². The van der Waals surface area contributed by atoms with Crippen LogP contribution >= 0.6 is 0 Å². The third kappa shape index (κ3) is 2.59. The van der Waals surface area contributed by atoms with Crippen LogP contribution in [0.2, 0.25) is 0 Å². The second-order valence-corrected chi connectivity index (χ2v) is 6.90. The van der Waals surface area contributed by atoms with Gasteiger partial charge in [0, 0.05) is 6.26 Å². The predicted octanol–water partition coefficient (Wildman–Crippen LogP) is 1.37. The van der Waals surface area contributed by atoms with Crippen LogP contribution in [0.4, 0.5) is 3.89 Å². The lowest BCUT2D eigenvalue weighted by molar-refractivity contribution is 0.551. The first-order valence-electron chi connectivity index (χ1n) is 4.29. The smallest absolute Gasteiger partial charge is 0.224 e. The summed E-state index contributed by atoms with van der Waals surface area (Å²) < 4.78 is 57.3. The van der Waals surface area contributed by atoms with Crippen molar-refractivity contribution in [2.75, 3.05) is 6.26 Å². The molecule has 0 saturated carbocycles. The van der Waals surface area contributed by atoms with E-state index in [1.807, 2.05) is 0 Å². The molecule has 0 heterocycles. The molecule has 0 unspecified atom stereocenters. The van der Waals surface area contributed by atoms with Crippen molar-refractivity contribution >= 4 is 20.1 Å². The molecule has 7 heteroatoms. The molecule has 1 aromatic carbocycles. The minimum atomic E-state index is -4.90. The molecular formula is C9H11FO4S2. The van der Waals surface area contributed by atoms with E-state index >= 15 is 0 Å². The van der Waals surface area contributed by atoms with E-state index in [1.54, 1.807) is 0 Å². The summed E-state index contributed by atoms with van der Waals surface area (Å²) in [4.78, 5) is -0.753. The lowest BCUT2D eigenvalue weighted by Gasteiger charge is -2.08. The molecule has 0 amide bonds. The van der Waals surface area contributed by atoms with Gasteiger partial charge in [0.25, 0.3) is 0 Å². The van der Waals surface area contributed by atoms with Crippen LogP contribution < -0.4 is 0 Å². The Hall–Kier alpha value is -0.950. The molecule has 0 spiro atoms. The maximum absolute atomic E-state index is 12.9. The Bertz CT molecular complexity index is 576. The molecule has 0 aliphatic heterocycles. The average molecular weight is 266 g/mol. The van der Waals surface area contributed by atoms with Crippen molar-refractivity contribution in [3.05, 3.63) is 23.3 Å². The molecule has 0 radical (unpaired) electrons. The maximum Gasteiger partial charge on any atom is 0.332 e. The third-order valence-electron chi connectivity index (χ3n) is 2.12. The van der Waals surface area contributed by atoms with Crippen molar-refractivity contribution in [3.63, 3.8) is 0 Å². The van der Waals surface area contributed by atoms with Crippen molar-refractivity contribution in [2.24, 2.45) is 0 Å². The van der Waals surface area contributed by atoms with Crippen LogP contribution in [0.3, 0.4) is 0 Å². The number of halogens is 1. The Kier molecular flexibility index (Phi) is 3.13. The second kappa shape index (κ2) is 3.81. The van der Waals surface area contributed by atoms with Crippen LogP contribution in [0.5, 0.6) is 0 Å². The Morgan fingerprint density at radius 3 is 1.81 bits per heavy atom. The standard InChI is InChI=1S/C9H11FO4S2/c1-6-4-8(15(3,11)12)7(2)9(5-6)16(10,13)14/h4-5H,1-3H3. The van der Waals surface area contributed by atoms with Crippen LogP contribution in [0.15, 0.2) is 21.9 Å². The van der Waals surface area contributed by atoms with Gasteiger partial charge in [-0.3, -0.25) is 0 Å². The predicted molar refractivity (Wildman–Crippen MR) is 57.3 cm³/mol. The van der Waals surface area contributed by atoms with Crippen molar-refractivity contribution in [1.82, 2.24) is 0 Å². The van der Waals surface area contributed by atoms with Gasteiger partial charge in [-0.2, -0.15) is 8.42 Å². The quantitative estimate of drug-likeness (QED) is 0.758. The highest BCUT2D eigenvalue weighted by Gasteiger charge is 2.22. The van der Waals surface area contributed by atoms with Crippen molar-refractivity contribution < 1.29 is 20.7 Å². The minimum Gasteiger partial charge on any atom is -0.224 e. The minimum absolute atomic E-state index is 0.0874. The fourth-order valence-electron chi connectivity index (χ4n) is 1.43. The van der Waals surface area contributed by atoms with E-state index in [2.05, 4.69) is 0 Å². The maximum atomic E-state index is 12.9. The largest absolute Gasteiger partial charge is 0.332 e. The van der Waals surface area contributed by atoms with Gasteiger partial charge in [0.1, 0.15) is 4.90 Å². The summed E-state index contributed by atoms with van der Waals surface area (Å²) in [6.07, 6.45) is 0.948. The number of hydrogen-bond donors (Lipinski definition) is 0. The normalized spacial score (nSPS) is 12.8. The summed E-state index contributed by atoms with van der Waals surface area (Å²) in [5.74, 6) is 0. The highest BCUT2D eigenvalue weighted by molar-refractivity contribution is 7.91. The van der Waals surface area contributed by atoms with Gasteiger partial charge in [-0.1, -0.05) is 0 Å². The molecule has 0 atom stereocenters. The van der Waals surface area contributed by atoms with E-state index in [4.69, 9.17) is 0 Å². The van der Waals surface area contributed by atoms with Crippen LogP contribution in [0.1, 0.15) is 11.1 Å². The van der Waals surface area contributed by atoms with Gasteiger partial charge in [0.05, 0.1) is 4.90 Å². The lowest BCUT2D eigenvalue weighted by atomic mass is 10.2. The van der Waals surface area contributed by atoms with Crippen LogP contribution in [0.25, 0.3) is 0 Å². The highest BCUT2D eigenvalue weighted by Crippen LogP contribution is 2.26. The molecule has 0 aliphatic carbocycles. The topological polar surface area (TPSA) is 68.3 Å². The third-order valence-corrected chi connectivity index (χ3v) is 4.29. The van der Waals surface area contributed by atoms with Crippen molar-refractivity contribution in [3.8, 4) is 0 Å². The fourth-order valence-corrected chi connectivity index (χ4v) is 3.36. The second-order valence-electron chi connectivity index (χ2n) is 3.60. The number of sulfone groups is 1. The monoisotopic (exact) mass is 266 g/mol. The van der Waals surface area contributed by atoms with Gasteiger partial charge in [0.15, 0.2) is 9.84 Å². The Balaban J connectivity index is 3.78. The molecule has 0 saturated heterocycles. The summed E-state index contributed by atoms with van der Waals surface area (Å²) in [5, 5.41) is 0. The molecular weight excluding hydrogens is 255 g/mol. The Morgan fingerprint density at radius 1 is 1.00 bits per heavy atom. The molecule has 1 rings (SSSR count). The lowest BCUT2D eigenvalue weighted by Crippen LogP contribution is -2.05. The number of rotatable bonds is 2. The van der Waals surface area contributed by atoms with Crippen molar-refractivity contribution in [2.45, 2.75) is 23.6 Å². The summed E-state index contributed by atoms with van der Waals surface area (Å²) in [6, 6.07) is 2.43. The Labute approximate surface area is 94.2 Å². The van der Waals surface area contributed by atoms with Crippen LogP contribution in [-0.4, -0.2) is 23.1 Å². The number of hydrogen-bond acceptors (Lipinski definition) is 4. The first-order valence-corrected chi connectivity index (χ1v) is 7.57. The van der Waals surface area contributed by atoms with Gasteiger partial charge in [0.2, 0.25) is 0 Å². The van der Waals surface area contributed by atoms with E-state index in [9.17, 15) is 20.7 Å². The first-order chi connectivity index (χ1) is 7.03. The zero-order valence-corrected chi connectivity index (χ0v) is 10.6. The summed E-state index contributed by atoms with van der Waals surface area (Å²) in [7, 11) is -8.47. The molecule has 0 N–H and O–H groups in total. The summed E-state index contributed by atoms with van der Waals surface area (Å²) >= 11 is 0. The fraction of sp³-hybridized carbons (Fsp3) is 0.333. The molecule has 0 bridgehead atoms. The van der Waals surface area contributed by atoms with Gasteiger partial charge < -0.3 is 0 Å². The molecule has 0 aliphatic rings. The summed E-state index contributed by atoms with van der Waals surface area (Å²) in [6.45, 7) is 2.77. The highest BCUT2D eigenvalue weighted by atomic mass is 32.3. The molecule has 4 nitrogen and oxygen atoms in total. The SMILES string of the molecule is Cc1cc(S(C)(=O)=O)c(C)c(S(=O)(=O)F)c1. The van der Waals surface area contributed by atoms with E-state index in [0.717, 1.165) is 12.3 Å². The molecule has 0 fully saturated rings. The van der Waals surface area contributed by atoms with E-state index in [0.29, 0.717) is 5.56 Å². The van der Waals surface area contributed by atoms with Crippen LogP contribution in [-0.2, 0) is 20.1 Å². The first kappa shape index (κ1) is 13.1. The van der Waals surface area contributed by atoms with Crippen LogP contribution in [0, 0.1) is 13.8 Å². The number of aryl methyl sites for hydroxylation is 1. The molecule has 90 valence electrons.